The fourth-order valence-electron chi connectivity index (χ4n) is 3.02. The Morgan fingerprint density at radius 1 is 1.23 bits per heavy atom. The van der Waals surface area contributed by atoms with E-state index in [1.807, 2.05) is 30.3 Å². The first kappa shape index (κ1) is 20.7. The number of benzene rings is 2. The minimum atomic E-state index is -0.556. The summed E-state index contributed by atoms with van der Waals surface area (Å²) in [7, 11) is 0. The van der Waals surface area contributed by atoms with Gasteiger partial charge < -0.3 is 10.1 Å². The quantitative estimate of drug-likeness (QED) is 0.227. The van der Waals surface area contributed by atoms with Crippen molar-refractivity contribution in [2.75, 3.05) is 5.32 Å². The van der Waals surface area contributed by atoms with Gasteiger partial charge in [-0.2, -0.15) is 0 Å². The maximum Gasteiger partial charge on any atom is 0.349 e. The Balaban J connectivity index is 1.63. The number of aromatic nitrogens is 2. The predicted octanol–water partition coefficient (Wildman–Crippen LogP) is 5.66. The number of aryl methyl sites for hydroxylation is 1. The van der Waals surface area contributed by atoms with Gasteiger partial charge in [0, 0.05) is 11.8 Å². The normalized spacial score (nSPS) is 10.8. The molecule has 0 aliphatic heterocycles. The average molecular weight is 455 g/mol. The number of fused-ring (bicyclic) bond motifs is 1. The van der Waals surface area contributed by atoms with Crippen molar-refractivity contribution in [3.63, 3.8) is 0 Å². The summed E-state index contributed by atoms with van der Waals surface area (Å²) in [5.74, 6) is -0.0186. The Hall–Kier alpha value is -3.56. The Kier molecular flexibility index (Phi) is 5.79. The highest BCUT2D eigenvalue weighted by atomic mass is 35.5. The van der Waals surface area contributed by atoms with Crippen molar-refractivity contribution in [2.24, 2.45) is 0 Å². The van der Waals surface area contributed by atoms with E-state index in [1.54, 1.807) is 13.0 Å². The van der Waals surface area contributed by atoms with E-state index in [-0.39, 0.29) is 17.3 Å². The molecule has 0 fully saturated rings. The molecule has 2 aromatic heterocycles. The highest BCUT2D eigenvalue weighted by Crippen LogP contribution is 2.36. The van der Waals surface area contributed by atoms with Crippen molar-refractivity contribution in [1.29, 1.82) is 0 Å². The van der Waals surface area contributed by atoms with Crippen molar-refractivity contribution < 1.29 is 14.5 Å². The van der Waals surface area contributed by atoms with E-state index in [4.69, 9.17) is 16.3 Å². The number of thiophene rings is 1. The third kappa shape index (κ3) is 4.32. The molecule has 0 amide bonds. The second-order valence-corrected chi connectivity index (χ2v) is 7.97. The van der Waals surface area contributed by atoms with Crippen molar-refractivity contribution in [3.8, 4) is 0 Å². The fraction of sp³-hybridized carbons (Fsp3) is 0.0952. The highest BCUT2D eigenvalue weighted by Gasteiger charge is 2.21. The molecule has 0 bridgehead atoms. The van der Waals surface area contributed by atoms with Gasteiger partial charge in [-0.3, -0.25) is 10.1 Å². The van der Waals surface area contributed by atoms with Gasteiger partial charge in [0.15, 0.2) is 0 Å². The molecule has 8 nitrogen and oxygen atoms in total. The lowest BCUT2D eigenvalue weighted by atomic mass is 10.2. The van der Waals surface area contributed by atoms with Gasteiger partial charge in [0.05, 0.1) is 10.3 Å². The van der Waals surface area contributed by atoms with E-state index < -0.39 is 10.9 Å². The summed E-state index contributed by atoms with van der Waals surface area (Å²) in [6, 6.07) is 13.8. The van der Waals surface area contributed by atoms with Crippen molar-refractivity contribution >= 4 is 56.3 Å². The molecule has 0 spiro atoms. The molecule has 0 saturated carbocycles. The number of halogens is 1. The Morgan fingerprint density at radius 3 is 2.74 bits per heavy atom. The summed E-state index contributed by atoms with van der Waals surface area (Å²) in [6.45, 7) is 1.95. The lowest BCUT2D eigenvalue weighted by Gasteiger charge is -2.08. The van der Waals surface area contributed by atoms with E-state index in [0.717, 1.165) is 5.56 Å². The molecule has 0 radical (unpaired) electrons. The van der Waals surface area contributed by atoms with Crippen LogP contribution in [0.3, 0.4) is 0 Å². The third-order valence-electron chi connectivity index (χ3n) is 4.53. The number of hydrogen-bond donors (Lipinski definition) is 1. The van der Waals surface area contributed by atoms with E-state index >= 15 is 0 Å². The lowest BCUT2D eigenvalue weighted by molar-refractivity contribution is -0.384. The summed E-state index contributed by atoms with van der Waals surface area (Å²) in [6.07, 6.45) is 1.37. The molecule has 10 heteroatoms. The molecule has 31 heavy (non-hydrogen) atoms. The van der Waals surface area contributed by atoms with Crippen LogP contribution in [0.5, 0.6) is 0 Å². The monoisotopic (exact) mass is 454 g/mol. The van der Waals surface area contributed by atoms with Gasteiger partial charge in [0.25, 0.3) is 5.69 Å². The van der Waals surface area contributed by atoms with Crippen LogP contribution in [0.1, 0.15) is 20.8 Å². The molecule has 0 aliphatic rings. The van der Waals surface area contributed by atoms with Crippen LogP contribution in [-0.2, 0) is 11.3 Å². The fourth-order valence-corrected chi connectivity index (χ4v) is 4.25. The Morgan fingerprint density at radius 2 is 2.00 bits per heavy atom. The number of nitrogens with zero attached hydrogens (tertiary/aromatic N) is 3. The molecule has 4 aromatic rings. The number of esters is 1. The van der Waals surface area contributed by atoms with Crippen LogP contribution < -0.4 is 5.32 Å². The Bertz CT molecular complexity index is 1290. The van der Waals surface area contributed by atoms with E-state index in [2.05, 4.69) is 15.3 Å². The molecular weight excluding hydrogens is 440 g/mol. The standard InChI is InChI=1S/C21H15ClN4O4S/c1-12-17-19(25-14-7-8-15(22)16(9-14)26(28)29)23-11-24-20(17)31-18(12)21(27)30-10-13-5-3-2-4-6-13/h2-9,11H,10H2,1H3,(H,23,24,25). The van der Waals surface area contributed by atoms with Crippen LogP contribution in [0.25, 0.3) is 10.2 Å². The van der Waals surface area contributed by atoms with Gasteiger partial charge in [0.2, 0.25) is 0 Å². The van der Waals surface area contributed by atoms with Gasteiger partial charge >= 0.3 is 5.97 Å². The summed E-state index contributed by atoms with van der Waals surface area (Å²) in [5, 5.41) is 14.9. The summed E-state index contributed by atoms with van der Waals surface area (Å²) < 4.78 is 5.45. The zero-order chi connectivity index (χ0) is 22.0. The van der Waals surface area contributed by atoms with Gasteiger partial charge in [-0.25, -0.2) is 14.8 Å². The van der Waals surface area contributed by atoms with Crippen LogP contribution >= 0.6 is 22.9 Å². The first-order valence-corrected chi connectivity index (χ1v) is 10.3. The van der Waals surface area contributed by atoms with Crippen molar-refractivity contribution in [3.05, 3.63) is 86.0 Å². The zero-order valence-electron chi connectivity index (χ0n) is 16.2. The summed E-state index contributed by atoms with van der Waals surface area (Å²) in [4.78, 5) is 32.8. The van der Waals surface area contributed by atoms with Crippen LogP contribution in [-0.4, -0.2) is 20.9 Å². The molecule has 156 valence electrons. The predicted molar refractivity (Wildman–Crippen MR) is 119 cm³/mol. The van der Waals surface area contributed by atoms with Crippen LogP contribution in [0, 0.1) is 17.0 Å². The third-order valence-corrected chi connectivity index (χ3v) is 6.03. The summed E-state index contributed by atoms with van der Waals surface area (Å²) in [5.41, 5.74) is 1.78. The topological polar surface area (TPSA) is 107 Å². The number of carbonyl (C=O) groups is 1. The lowest BCUT2D eigenvalue weighted by Crippen LogP contribution is -2.04. The van der Waals surface area contributed by atoms with Crippen LogP contribution in [0.2, 0.25) is 5.02 Å². The number of carbonyl (C=O) groups excluding carboxylic acids is 1. The molecule has 0 atom stereocenters. The molecule has 0 saturated heterocycles. The second kappa shape index (κ2) is 8.66. The first-order valence-electron chi connectivity index (χ1n) is 9.10. The first-order chi connectivity index (χ1) is 14.9. The van der Waals surface area contributed by atoms with Crippen molar-refractivity contribution in [1.82, 2.24) is 9.97 Å². The van der Waals surface area contributed by atoms with E-state index in [1.165, 1.54) is 29.8 Å². The summed E-state index contributed by atoms with van der Waals surface area (Å²) >= 11 is 7.09. The molecule has 0 aliphatic carbocycles. The second-order valence-electron chi connectivity index (χ2n) is 6.57. The molecule has 1 N–H and O–H groups in total. The Labute approximate surface area is 185 Å². The SMILES string of the molecule is Cc1c(C(=O)OCc2ccccc2)sc2ncnc(Nc3ccc(Cl)c([N+](=O)[O-])c3)c12. The number of nitro groups is 1. The molecular formula is C21H15ClN4O4S. The number of anilines is 2. The van der Waals surface area contributed by atoms with Crippen LogP contribution in [0.15, 0.2) is 54.9 Å². The van der Waals surface area contributed by atoms with Gasteiger partial charge in [0.1, 0.15) is 33.5 Å². The average Bonchev–Trinajstić information content (AvgIpc) is 3.11. The van der Waals surface area contributed by atoms with E-state index in [9.17, 15) is 14.9 Å². The van der Waals surface area contributed by atoms with Gasteiger partial charge in [-0.05, 0) is 30.2 Å². The number of hydrogen-bond acceptors (Lipinski definition) is 8. The number of nitro benzene ring substituents is 1. The number of nitrogens with one attached hydrogen (secondary N) is 1. The zero-order valence-corrected chi connectivity index (χ0v) is 17.7. The molecule has 0 unspecified atom stereocenters. The highest BCUT2D eigenvalue weighted by molar-refractivity contribution is 7.20. The van der Waals surface area contributed by atoms with Crippen LogP contribution in [0.4, 0.5) is 17.2 Å². The number of rotatable bonds is 6. The smallest absolute Gasteiger partial charge is 0.349 e. The molecule has 4 rings (SSSR count). The minimum absolute atomic E-state index is 0.0403. The largest absolute Gasteiger partial charge is 0.457 e. The van der Waals surface area contributed by atoms with Gasteiger partial charge in [-0.1, -0.05) is 41.9 Å². The van der Waals surface area contributed by atoms with Gasteiger partial charge in [-0.15, -0.1) is 11.3 Å². The maximum absolute atomic E-state index is 12.7. The van der Waals surface area contributed by atoms with E-state index in [0.29, 0.717) is 32.2 Å². The minimum Gasteiger partial charge on any atom is -0.457 e. The molecule has 2 heterocycles. The number of ether oxygens (including phenoxy) is 1. The maximum atomic E-state index is 12.7. The van der Waals surface area contributed by atoms with Crippen molar-refractivity contribution in [2.45, 2.75) is 13.5 Å². The molecule has 2 aromatic carbocycles.